The number of carbonyl (C=O) groups excluding carboxylic acids is 1. The molecule has 1 heterocycles. The van der Waals surface area contributed by atoms with Gasteiger partial charge in [-0.2, -0.15) is 8.42 Å². The number of rotatable bonds is 7. The van der Waals surface area contributed by atoms with Crippen LogP contribution in [0, 0.1) is 0 Å². The molecule has 1 aliphatic rings. The molecule has 0 saturated carbocycles. The molecule has 1 fully saturated rings. The third-order valence-corrected chi connectivity index (χ3v) is 6.49. The van der Waals surface area contributed by atoms with Crippen molar-refractivity contribution in [1.29, 1.82) is 0 Å². The molecule has 0 radical (unpaired) electrons. The van der Waals surface area contributed by atoms with Crippen LogP contribution >= 0.6 is 0 Å². The first-order valence-electron chi connectivity index (χ1n) is 11.5. The Morgan fingerprint density at radius 2 is 1.71 bits per heavy atom. The summed E-state index contributed by atoms with van der Waals surface area (Å²) in [5.74, 6) is -0.397. The number of aliphatic hydroxyl groups is 1. The van der Waals surface area contributed by atoms with Gasteiger partial charge in [-0.15, -0.1) is 0 Å². The molecule has 0 unspecified atom stereocenters. The van der Waals surface area contributed by atoms with Gasteiger partial charge in [0.1, 0.15) is 5.60 Å². The third-order valence-electron chi connectivity index (χ3n) is 5.93. The summed E-state index contributed by atoms with van der Waals surface area (Å²) in [5.41, 5.74) is -0.339. The van der Waals surface area contributed by atoms with Crippen LogP contribution in [0.25, 0.3) is 0 Å². The second-order valence-electron chi connectivity index (χ2n) is 9.99. The van der Waals surface area contributed by atoms with Crippen molar-refractivity contribution in [2.75, 3.05) is 19.4 Å². The van der Waals surface area contributed by atoms with Crippen LogP contribution in [0.5, 0.6) is 0 Å². The fraction of sp³-hybridized carbons (Fsp3) is 0.500. The monoisotopic (exact) mass is 489 g/mol. The summed E-state index contributed by atoms with van der Waals surface area (Å²) < 4.78 is 34.3. The average Bonchev–Trinajstić information content (AvgIpc) is 2.76. The van der Waals surface area contributed by atoms with Crippen LogP contribution in [0.4, 0.5) is 4.79 Å². The third kappa shape index (κ3) is 7.04. The Kier molecular flexibility index (Phi) is 8.06. The number of likely N-dealkylation sites (tertiary alicyclic amines) is 1. The highest BCUT2D eigenvalue weighted by Crippen LogP contribution is 2.45. The predicted octanol–water partition coefficient (Wildman–Crippen LogP) is 4.64. The summed E-state index contributed by atoms with van der Waals surface area (Å²) in [4.78, 5) is 14.8. The molecule has 7 nitrogen and oxygen atoms in total. The van der Waals surface area contributed by atoms with Crippen molar-refractivity contribution < 1.29 is 27.2 Å². The van der Waals surface area contributed by atoms with Gasteiger partial charge in [0.05, 0.1) is 24.5 Å². The van der Waals surface area contributed by atoms with Gasteiger partial charge in [0, 0.05) is 12.5 Å². The number of benzene rings is 2. The molecule has 1 saturated heterocycles. The molecule has 0 aromatic heterocycles. The number of piperidine rings is 1. The smallest absolute Gasteiger partial charge is 0.410 e. The lowest BCUT2D eigenvalue weighted by molar-refractivity contribution is -0.0950. The molecule has 0 spiro atoms. The van der Waals surface area contributed by atoms with Crippen LogP contribution in [0.1, 0.15) is 63.1 Å². The van der Waals surface area contributed by atoms with E-state index in [9.17, 15) is 18.3 Å². The van der Waals surface area contributed by atoms with Gasteiger partial charge in [-0.05, 0) is 51.2 Å². The molecule has 2 aromatic rings. The minimum absolute atomic E-state index is 0.0981. The van der Waals surface area contributed by atoms with E-state index >= 15 is 0 Å². The van der Waals surface area contributed by atoms with Gasteiger partial charge in [-0.3, -0.25) is 9.08 Å². The van der Waals surface area contributed by atoms with Crippen LogP contribution in [0.15, 0.2) is 60.7 Å². The van der Waals surface area contributed by atoms with Crippen LogP contribution in [-0.2, 0) is 19.0 Å². The summed E-state index contributed by atoms with van der Waals surface area (Å²) in [5, 5.41) is 12.1. The Hall–Kier alpha value is -2.42. The highest BCUT2D eigenvalue weighted by molar-refractivity contribution is 7.85. The number of ether oxygens (including phenoxy) is 1. The molecule has 1 aliphatic heterocycles. The molecule has 0 bridgehead atoms. The van der Waals surface area contributed by atoms with Gasteiger partial charge < -0.3 is 9.84 Å². The molecular formula is C26H35NO6S. The molecule has 8 heteroatoms. The van der Waals surface area contributed by atoms with Crippen molar-refractivity contribution in [2.24, 2.45) is 0 Å². The number of hydrogen-bond donors (Lipinski definition) is 1. The second-order valence-corrected chi connectivity index (χ2v) is 11.6. The van der Waals surface area contributed by atoms with E-state index in [-0.39, 0.29) is 13.0 Å². The van der Waals surface area contributed by atoms with Crippen molar-refractivity contribution in [2.45, 2.75) is 63.2 Å². The minimum atomic E-state index is -3.66. The fourth-order valence-corrected chi connectivity index (χ4v) is 5.01. The first-order chi connectivity index (χ1) is 15.9. The van der Waals surface area contributed by atoms with Gasteiger partial charge >= 0.3 is 6.09 Å². The summed E-state index contributed by atoms with van der Waals surface area (Å²) in [6.07, 6.45) is 1.79. The molecular weight excluding hydrogens is 454 g/mol. The highest BCUT2D eigenvalue weighted by atomic mass is 32.2. The first kappa shape index (κ1) is 26.2. The van der Waals surface area contributed by atoms with Gasteiger partial charge in [0.2, 0.25) is 0 Å². The molecule has 0 aliphatic carbocycles. The Balaban J connectivity index is 2.00. The van der Waals surface area contributed by atoms with Gasteiger partial charge in [0.15, 0.2) is 0 Å². The van der Waals surface area contributed by atoms with Crippen molar-refractivity contribution in [1.82, 2.24) is 4.90 Å². The average molecular weight is 490 g/mol. The standard InChI is InChI=1S/C26H35NO6S/c1-25(2,3)33-24(28)27-17-11-16-26(29,23(27)21-14-9-6-10-15-21)18-22(19-32-34(4,30)31)20-12-7-5-8-13-20/h5-10,12-15,22-23,29H,11,16-19H2,1-4H3/t22-,23+,26-/m0/s1. The van der Waals surface area contributed by atoms with E-state index < -0.39 is 39.4 Å². The predicted molar refractivity (Wildman–Crippen MR) is 131 cm³/mol. The normalized spacial score (nSPS) is 22.3. The number of amides is 1. The van der Waals surface area contributed by atoms with E-state index in [1.807, 2.05) is 81.4 Å². The number of carbonyl (C=O) groups is 1. The zero-order valence-electron chi connectivity index (χ0n) is 20.3. The maximum absolute atomic E-state index is 13.2. The Morgan fingerprint density at radius 1 is 1.12 bits per heavy atom. The van der Waals surface area contributed by atoms with Crippen molar-refractivity contribution in [3.63, 3.8) is 0 Å². The van der Waals surface area contributed by atoms with E-state index in [0.29, 0.717) is 19.4 Å². The fourth-order valence-electron chi connectivity index (χ4n) is 4.60. The Bertz CT molecular complexity index is 1050. The lowest BCUT2D eigenvalue weighted by Crippen LogP contribution is -2.54. The van der Waals surface area contributed by atoms with E-state index in [1.54, 1.807) is 4.90 Å². The van der Waals surface area contributed by atoms with Gasteiger partial charge in [-0.25, -0.2) is 4.79 Å². The summed E-state index contributed by atoms with van der Waals surface area (Å²) >= 11 is 0. The molecule has 3 rings (SSSR count). The second kappa shape index (κ2) is 10.5. The van der Waals surface area contributed by atoms with E-state index in [1.165, 1.54) is 0 Å². The Morgan fingerprint density at radius 3 is 2.26 bits per heavy atom. The van der Waals surface area contributed by atoms with Crippen LogP contribution in [0.2, 0.25) is 0 Å². The zero-order chi connectivity index (χ0) is 25.0. The van der Waals surface area contributed by atoms with Crippen LogP contribution in [0.3, 0.4) is 0 Å². The van der Waals surface area contributed by atoms with E-state index in [0.717, 1.165) is 17.4 Å². The topological polar surface area (TPSA) is 93.1 Å². The minimum Gasteiger partial charge on any atom is -0.444 e. The van der Waals surface area contributed by atoms with E-state index in [4.69, 9.17) is 8.92 Å². The molecule has 3 atom stereocenters. The quantitative estimate of drug-likeness (QED) is 0.570. The molecule has 1 amide bonds. The number of hydrogen-bond acceptors (Lipinski definition) is 6. The summed E-state index contributed by atoms with van der Waals surface area (Å²) in [6.45, 7) is 5.79. The lowest BCUT2D eigenvalue weighted by atomic mass is 9.74. The maximum atomic E-state index is 13.2. The zero-order valence-corrected chi connectivity index (χ0v) is 21.1. The van der Waals surface area contributed by atoms with E-state index in [2.05, 4.69) is 0 Å². The summed E-state index contributed by atoms with van der Waals surface area (Å²) in [7, 11) is -3.66. The molecule has 186 valence electrons. The molecule has 34 heavy (non-hydrogen) atoms. The van der Waals surface area contributed by atoms with Crippen LogP contribution in [-0.4, -0.2) is 55.1 Å². The largest absolute Gasteiger partial charge is 0.444 e. The molecule has 1 N–H and O–H groups in total. The SMILES string of the molecule is CC(C)(C)OC(=O)N1CCC[C@](O)(C[C@@H](COS(C)(=O)=O)c2ccccc2)[C@H]1c1ccccc1. The van der Waals surface area contributed by atoms with Crippen molar-refractivity contribution >= 4 is 16.2 Å². The Labute approximate surface area is 202 Å². The molecule has 2 aromatic carbocycles. The lowest BCUT2D eigenvalue weighted by Gasteiger charge is -2.48. The maximum Gasteiger partial charge on any atom is 0.410 e. The van der Waals surface area contributed by atoms with Gasteiger partial charge in [0.25, 0.3) is 10.1 Å². The van der Waals surface area contributed by atoms with Crippen molar-refractivity contribution in [3.05, 3.63) is 71.8 Å². The summed E-state index contributed by atoms with van der Waals surface area (Å²) in [6, 6.07) is 18.2. The van der Waals surface area contributed by atoms with Gasteiger partial charge in [-0.1, -0.05) is 60.7 Å². The highest BCUT2D eigenvalue weighted by Gasteiger charge is 2.48. The first-order valence-corrected chi connectivity index (χ1v) is 13.4. The number of nitrogens with zero attached hydrogens (tertiary/aromatic N) is 1. The van der Waals surface area contributed by atoms with Crippen molar-refractivity contribution in [3.8, 4) is 0 Å². The van der Waals surface area contributed by atoms with Crippen LogP contribution < -0.4 is 0 Å².